The summed E-state index contributed by atoms with van der Waals surface area (Å²) in [4.78, 5) is 6.43. The quantitative estimate of drug-likeness (QED) is 0.859. The summed E-state index contributed by atoms with van der Waals surface area (Å²) in [7, 11) is 0. The first-order chi connectivity index (χ1) is 9.29. The zero-order valence-electron chi connectivity index (χ0n) is 11.4. The van der Waals surface area contributed by atoms with Gasteiger partial charge in [0.1, 0.15) is 5.82 Å². The number of nitrogen functional groups attached to an aromatic ring is 1. The van der Waals surface area contributed by atoms with Crippen LogP contribution in [0.25, 0.3) is 0 Å². The molecule has 2 rings (SSSR count). The van der Waals surface area contributed by atoms with Gasteiger partial charge in [-0.05, 0) is 36.2 Å². The Bertz CT molecular complexity index is 496. The fourth-order valence-corrected chi connectivity index (χ4v) is 2.10. The molecule has 0 spiro atoms. The first kappa shape index (κ1) is 13.4. The minimum atomic E-state index is 0.584. The van der Waals surface area contributed by atoms with Crippen molar-refractivity contribution < 1.29 is 0 Å². The van der Waals surface area contributed by atoms with Crippen LogP contribution in [-0.4, -0.2) is 11.5 Å². The van der Waals surface area contributed by atoms with Crippen LogP contribution in [-0.2, 0) is 6.54 Å². The second-order valence-electron chi connectivity index (χ2n) is 4.70. The minimum absolute atomic E-state index is 0.584. The third-order valence-corrected chi connectivity index (χ3v) is 3.12. The lowest BCUT2D eigenvalue weighted by atomic mass is 10.2. The Morgan fingerprint density at radius 3 is 2.63 bits per heavy atom. The third kappa shape index (κ3) is 3.98. The van der Waals surface area contributed by atoms with Crippen molar-refractivity contribution in [3.8, 4) is 0 Å². The Balaban J connectivity index is 2.14. The van der Waals surface area contributed by atoms with E-state index in [9.17, 15) is 0 Å². The van der Waals surface area contributed by atoms with E-state index in [4.69, 9.17) is 5.73 Å². The van der Waals surface area contributed by atoms with Gasteiger partial charge in [-0.2, -0.15) is 0 Å². The highest BCUT2D eigenvalue weighted by molar-refractivity contribution is 5.47. The molecule has 1 aromatic carbocycles. The van der Waals surface area contributed by atoms with E-state index < -0.39 is 0 Å². The Kier molecular flexibility index (Phi) is 4.78. The predicted octanol–water partition coefficient (Wildman–Crippen LogP) is 3.47. The molecule has 0 aliphatic rings. The number of anilines is 2. The Hall–Kier alpha value is -2.03. The van der Waals surface area contributed by atoms with Crippen molar-refractivity contribution in [1.82, 2.24) is 4.98 Å². The van der Waals surface area contributed by atoms with Crippen molar-refractivity contribution in [2.45, 2.75) is 26.3 Å². The fourth-order valence-electron chi connectivity index (χ4n) is 2.10. The average Bonchev–Trinajstić information content (AvgIpc) is 2.44. The number of hydrogen-bond acceptors (Lipinski definition) is 3. The summed E-state index contributed by atoms with van der Waals surface area (Å²) in [5, 5.41) is 0. The topological polar surface area (TPSA) is 42.2 Å². The minimum Gasteiger partial charge on any atom is -0.384 e. The van der Waals surface area contributed by atoms with Crippen LogP contribution in [0.2, 0.25) is 0 Å². The number of aromatic nitrogens is 1. The van der Waals surface area contributed by atoms with E-state index in [-0.39, 0.29) is 0 Å². The average molecular weight is 255 g/mol. The van der Waals surface area contributed by atoms with Crippen LogP contribution in [0.3, 0.4) is 0 Å². The smallest absolute Gasteiger partial charge is 0.123 e. The molecule has 0 bridgehead atoms. The van der Waals surface area contributed by atoms with Gasteiger partial charge in [-0.3, -0.25) is 0 Å². The van der Waals surface area contributed by atoms with E-state index in [1.165, 1.54) is 24.1 Å². The van der Waals surface area contributed by atoms with Gasteiger partial charge in [-0.15, -0.1) is 0 Å². The highest BCUT2D eigenvalue weighted by Gasteiger charge is 2.06. The normalized spacial score (nSPS) is 10.4. The molecule has 1 heterocycles. The summed E-state index contributed by atoms with van der Waals surface area (Å²) in [6, 6.07) is 14.5. The van der Waals surface area contributed by atoms with Crippen molar-refractivity contribution in [3.05, 3.63) is 54.2 Å². The second kappa shape index (κ2) is 6.78. The van der Waals surface area contributed by atoms with Crippen LogP contribution < -0.4 is 10.6 Å². The van der Waals surface area contributed by atoms with E-state index in [1.807, 2.05) is 18.2 Å². The maximum atomic E-state index is 5.74. The van der Waals surface area contributed by atoms with Gasteiger partial charge in [-0.1, -0.05) is 31.5 Å². The van der Waals surface area contributed by atoms with Crippen molar-refractivity contribution in [2.75, 3.05) is 17.2 Å². The molecule has 3 nitrogen and oxygen atoms in total. The van der Waals surface area contributed by atoms with Gasteiger partial charge in [0, 0.05) is 25.0 Å². The number of nitrogens with zero attached hydrogens (tertiary/aromatic N) is 2. The summed E-state index contributed by atoms with van der Waals surface area (Å²) in [5.74, 6) is 0.584. The van der Waals surface area contributed by atoms with E-state index >= 15 is 0 Å². The summed E-state index contributed by atoms with van der Waals surface area (Å²) in [5.41, 5.74) is 8.20. The van der Waals surface area contributed by atoms with Crippen LogP contribution in [0.15, 0.2) is 48.7 Å². The maximum Gasteiger partial charge on any atom is 0.123 e. The van der Waals surface area contributed by atoms with Gasteiger partial charge < -0.3 is 10.6 Å². The fraction of sp³-hybridized carbons (Fsp3) is 0.312. The molecule has 100 valence electrons. The molecule has 0 atom stereocenters. The van der Waals surface area contributed by atoms with E-state index in [1.54, 1.807) is 6.20 Å². The lowest BCUT2D eigenvalue weighted by Crippen LogP contribution is -2.23. The summed E-state index contributed by atoms with van der Waals surface area (Å²) in [6.45, 7) is 4.15. The number of para-hydroxylation sites is 1. The Labute approximate surface area is 115 Å². The molecule has 0 saturated heterocycles. The number of hydrogen-bond donors (Lipinski definition) is 1. The van der Waals surface area contributed by atoms with E-state index in [2.05, 4.69) is 41.1 Å². The molecule has 0 aliphatic carbocycles. The molecule has 0 radical (unpaired) electrons. The maximum absolute atomic E-state index is 5.74. The van der Waals surface area contributed by atoms with Crippen LogP contribution >= 0.6 is 0 Å². The molecular formula is C16H21N3. The first-order valence-corrected chi connectivity index (χ1v) is 6.80. The van der Waals surface area contributed by atoms with Gasteiger partial charge in [0.2, 0.25) is 0 Å². The number of benzene rings is 1. The molecule has 19 heavy (non-hydrogen) atoms. The summed E-state index contributed by atoms with van der Waals surface area (Å²) >= 11 is 0. The molecule has 2 aromatic rings. The zero-order chi connectivity index (χ0) is 13.5. The largest absolute Gasteiger partial charge is 0.384 e. The molecule has 0 aliphatic heterocycles. The van der Waals surface area contributed by atoms with Crippen LogP contribution in [0, 0.1) is 0 Å². The number of unbranched alkanes of at least 4 members (excludes halogenated alkanes) is 1. The standard InChI is InChI=1S/C16H21N3/c1-2-3-11-19(15-7-5-4-6-8-15)13-14-9-10-18-16(17)12-14/h4-10,12H,2-3,11,13H2,1H3,(H2,17,18). The van der Waals surface area contributed by atoms with Gasteiger partial charge in [0.25, 0.3) is 0 Å². The van der Waals surface area contributed by atoms with Gasteiger partial charge in [-0.25, -0.2) is 4.98 Å². The Morgan fingerprint density at radius 1 is 1.16 bits per heavy atom. The molecule has 0 saturated carbocycles. The molecule has 0 amide bonds. The van der Waals surface area contributed by atoms with Crippen LogP contribution in [0.4, 0.5) is 11.5 Å². The highest BCUT2D eigenvalue weighted by atomic mass is 15.1. The highest BCUT2D eigenvalue weighted by Crippen LogP contribution is 2.18. The lowest BCUT2D eigenvalue weighted by Gasteiger charge is -2.25. The lowest BCUT2D eigenvalue weighted by molar-refractivity contribution is 0.716. The predicted molar refractivity (Wildman–Crippen MR) is 81.0 cm³/mol. The van der Waals surface area contributed by atoms with E-state index in [0.717, 1.165) is 13.1 Å². The van der Waals surface area contributed by atoms with Crippen molar-refractivity contribution in [3.63, 3.8) is 0 Å². The van der Waals surface area contributed by atoms with Crippen molar-refractivity contribution in [2.24, 2.45) is 0 Å². The monoisotopic (exact) mass is 255 g/mol. The third-order valence-electron chi connectivity index (χ3n) is 3.12. The van der Waals surface area contributed by atoms with Gasteiger partial charge in [0.15, 0.2) is 0 Å². The molecule has 2 N–H and O–H groups in total. The molecule has 0 fully saturated rings. The van der Waals surface area contributed by atoms with Gasteiger partial charge >= 0.3 is 0 Å². The van der Waals surface area contributed by atoms with Crippen LogP contribution in [0.1, 0.15) is 25.3 Å². The number of rotatable bonds is 6. The van der Waals surface area contributed by atoms with Crippen LogP contribution in [0.5, 0.6) is 0 Å². The summed E-state index contributed by atoms with van der Waals surface area (Å²) in [6.07, 6.45) is 4.16. The van der Waals surface area contributed by atoms with Gasteiger partial charge in [0.05, 0.1) is 0 Å². The Morgan fingerprint density at radius 2 is 1.95 bits per heavy atom. The first-order valence-electron chi connectivity index (χ1n) is 6.80. The SMILES string of the molecule is CCCCN(Cc1ccnc(N)c1)c1ccccc1. The van der Waals surface area contributed by atoms with Crippen molar-refractivity contribution in [1.29, 1.82) is 0 Å². The molecule has 1 aromatic heterocycles. The number of pyridine rings is 1. The summed E-state index contributed by atoms with van der Waals surface area (Å²) < 4.78 is 0. The molecule has 3 heteroatoms. The van der Waals surface area contributed by atoms with E-state index in [0.29, 0.717) is 5.82 Å². The molecule has 0 unspecified atom stereocenters. The zero-order valence-corrected chi connectivity index (χ0v) is 11.4. The number of nitrogens with two attached hydrogens (primary N) is 1. The molecular weight excluding hydrogens is 234 g/mol. The van der Waals surface area contributed by atoms with Crippen molar-refractivity contribution >= 4 is 11.5 Å². The second-order valence-corrected chi connectivity index (χ2v) is 4.70.